The Hall–Kier alpha value is -1.10. The van der Waals surface area contributed by atoms with Crippen LogP contribution < -0.4 is 5.23 Å². The lowest BCUT2D eigenvalue weighted by molar-refractivity contribution is -0.0273. The van der Waals surface area contributed by atoms with Crippen molar-refractivity contribution in [1.82, 2.24) is 0 Å². The van der Waals surface area contributed by atoms with E-state index in [0.29, 0.717) is 0 Å². The zero-order chi connectivity index (χ0) is 15.8. The Bertz CT molecular complexity index is 488. The van der Waals surface area contributed by atoms with Crippen molar-refractivity contribution < 1.29 is 14.4 Å². The quantitative estimate of drug-likeness (QED) is 0.847. The Balaban J connectivity index is 1.65. The Morgan fingerprint density at radius 3 is 2.05 bits per heavy atom. The molecule has 4 heteroatoms. The standard InChI is InChI=1S/C18H27NO3/c1-17(2)18(3,4)22-19(21-17)16-7-5-14(6-8-16)13-15-9-11-20-12-10-15/h5-8,15H,9-13H2,1-4H3. The van der Waals surface area contributed by atoms with Gasteiger partial charge in [-0.1, -0.05) is 12.1 Å². The van der Waals surface area contributed by atoms with E-state index in [1.165, 1.54) is 18.4 Å². The van der Waals surface area contributed by atoms with Gasteiger partial charge in [-0.3, -0.25) is 0 Å². The van der Waals surface area contributed by atoms with Gasteiger partial charge in [0, 0.05) is 13.2 Å². The maximum atomic E-state index is 5.93. The summed E-state index contributed by atoms with van der Waals surface area (Å²) in [4.78, 5) is 11.9. The highest BCUT2D eigenvalue weighted by Crippen LogP contribution is 2.39. The molecule has 22 heavy (non-hydrogen) atoms. The Morgan fingerprint density at radius 2 is 1.50 bits per heavy atom. The van der Waals surface area contributed by atoms with Crippen LogP contribution in [-0.4, -0.2) is 24.4 Å². The van der Waals surface area contributed by atoms with Crippen LogP contribution in [0, 0.1) is 5.92 Å². The summed E-state index contributed by atoms with van der Waals surface area (Å²) in [5, 5.41) is 1.55. The largest absolute Gasteiger partial charge is 0.381 e. The van der Waals surface area contributed by atoms with Crippen molar-refractivity contribution in [3.05, 3.63) is 29.8 Å². The van der Waals surface area contributed by atoms with E-state index in [9.17, 15) is 0 Å². The van der Waals surface area contributed by atoms with E-state index in [4.69, 9.17) is 14.4 Å². The maximum Gasteiger partial charge on any atom is 0.124 e. The third-order valence-corrected chi connectivity index (χ3v) is 5.08. The fraction of sp³-hybridized carbons (Fsp3) is 0.667. The normalized spacial score (nSPS) is 24.6. The second-order valence-electron chi connectivity index (χ2n) is 7.39. The van der Waals surface area contributed by atoms with Crippen molar-refractivity contribution in [3.63, 3.8) is 0 Å². The van der Waals surface area contributed by atoms with Gasteiger partial charge < -0.3 is 4.74 Å². The minimum Gasteiger partial charge on any atom is -0.381 e. The molecule has 0 unspecified atom stereocenters. The summed E-state index contributed by atoms with van der Waals surface area (Å²) in [6.07, 6.45) is 3.47. The van der Waals surface area contributed by atoms with Gasteiger partial charge in [-0.25, -0.2) is 9.68 Å². The summed E-state index contributed by atoms with van der Waals surface area (Å²) in [7, 11) is 0. The van der Waals surface area contributed by atoms with Gasteiger partial charge in [0.25, 0.3) is 0 Å². The van der Waals surface area contributed by atoms with E-state index in [0.717, 1.165) is 31.2 Å². The van der Waals surface area contributed by atoms with Crippen molar-refractivity contribution in [2.24, 2.45) is 5.92 Å². The zero-order valence-electron chi connectivity index (χ0n) is 14.1. The summed E-state index contributed by atoms with van der Waals surface area (Å²) in [5.41, 5.74) is 1.60. The predicted molar refractivity (Wildman–Crippen MR) is 86.5 cm³/mol. The van der Waals surface area contributed by atoms with Crippen LogP contribution in [0.15, 0.2) is 24.3 Å². The number of anilines is 1. The number of ether oxygens (including phenoxy) is 1. The molecule has 0 spiro atoms. The number of hydrogen-bond donors (Lipinski definition) is 0. The van der Waals surface area contributed by atoms with Crippen LogP contribution in [0.5, 0.6) is 0 Å². The Kier molecular flexibility index (Phi) is 4.19. The fourth-order valence-corrected chi connectivity index (χ4v) is 2.80. The van der Waals surface area contributed by atoms with Gasteiger partial charge in [-0.05, 0) is 70.6 Å². The molecule has 0 atom stereocenters. The first-order chi connectivity index (χ1) is 10.4. The van der Waals surface area contributed by atoms with Gasteiger partial charge in [-0.15, -0.1) is 5.23 Å². The molecule has 0 aliphatic carbocycles. The van der Waals surface area contributed by atoms with Crippen LogP contribution in [0.1, 0.15) is 46.1 Å². The number of hydrogen-bond acceptors (Lipinski definition) is 4. The van der Waals surface area contributed by atoms with E-state index in [1.807, 2.05) is 27.7 Å². The molecule has 122 valence electrons. The Morgan fingerprint density at radius 1 is 0.955 bits per heavy atom. The van der Waals surface area contributed by atoms with E-state index in [1.54, 1.807) is 5.23 Å². The molecule has 0 radical (unpaired) electrons. The van der Waals surface area contributed by atoms with Crippen LogP contribution in [-0.2, 0) is 20.8 Å². The average molecular weight is 305 g/mol. The molecule has 3 rings (SSSR count). The smallest absolute Gasteiger partial charge is 0.124 e. The van der Waals surface area contributed by atoms with Crippen LogP contribution in [0.4, 0.5) is 5.69 Å². The lowest BCUT2D eigenvalue weighted by Gasteiger charge is -2.26. The van der Waals surface area contributed by atoms with Gasteiger partial charge in [0.1, 0.15) is 11.2 Å². The third kappa shape index (κ3) is 3.14. The summed E-state index contributed by atoms with van der Waals surface area (Å²) in [6, 6.07) is 8.50. The molecule has 2 fully saturated rings. The highest BCUT2D eigenvalue weighted by Gasteiger charge is 2.50. The summed E-state index contributed by atoms with van der Waals surface area (Å²) >= 11 is 0. The molecule has 0 aromatic heterocycles. The number of rotatable bonds is 3. The second-order valence-corrected chi connectivity index (χ2v) is 7.39. The molecule has 2 saturated heterocycles. The molecule has 1 aromatic rings. The molecular formula is C18H27NO3. The monoisotopic (exact) mass is 305 g/mol. The Labute approximate surface area is 133 Å². The first-order valence-electron chi connectivity index (χ1n) is 8.22. The minimum atomic E-state index is -0.353. The van der Waals surface area contributed by atoms with Gasteiger partial charge in [0.15, 0.2) is 0 Å². The van der Waals surface area contributed by atoms with Gasteiger partial charge in [0.2, 0.25) is 0 Å². The molecule has 0 saturated carbocycles. The predicted octanol–water partition coefficient (Wildman–Crippen LogP) is 3.90. The second kappa shape index (κ2) is 5.84. The SMILES string of the molecule is CC1(C)ON(c2ccc(CC3CCOCC3)cc2)OC1(C)C. The molecule has 0 amide bonds. The van der Waals surface area contributed by atoms with E-state index >= 15 is 0 Å². The first kappa shape index (κ1) is 15.8. The highest BCUT2D eigenvalue weighted by molar-refractivity contribution is 5.44. The van der Waals surface area contributed by atoms with Gasteiger partial charge >= 0.3 is 0 Å². The van der Waals surface area contributed by atoms with E-state index < -0.39 is 0 Å². The summed E-state index contributed by atoms with van der Waals surface area (Å²) < 4.78 is 5.42. The number of nitrogens with zero attached hydrogens (tertiary/aromatic N) is 1. The topological polar surface area (TPSA) is 30.9 Å². The maximum absolute atomic E-state index is 5.93. The highest BCUT2D eigenvalue weighted by atomic mass is 17.0. The molecule has 4 nitrogen and oxygen atoms in total. The average Bonchev–Trinajstić information content (AvgIpc) is 2.69. The molecule has 0 bridgehead atoms. The fourth-order valence-electron chi connectivity index (χ4n) is 2.80. The van der Waals surface area contributed by atoms with Crippen LogP contribution >= 0.6 is 0 Å². The van der Waals surface area contributed by atoms with Crippen molar-refractivity contribution in [3.8, 4) is 0 Å². The van der Waals surface area contributed by atoms with Crippen molar-refractivity contribution in [1.29, 1.82) is 0 Å². The molecule has 2 heterocycles. The number of benzene rings is 1. The third-order valence-electron chi connectivity index (χ3n) is 5.08. The van der Waals surface area contributed by atoms with Crippen molar-refractivity contribution in [2.75, 3.05) is 18.4 Å². The van der Waals surface area contributed by atoms with Crippen molar-refractivity contribution >= 4 is 5.69 Å². The molecule has 1 aromatic carbocycles. The van der Waals surface area contributed by atoms with Crippen LogP contribution in [0.3, 0.4) is 0 Å². The van der Waals surface area contributed by atoms with Crippen LogP contribution in [0.25, 0.3) is 0 Å². The van der Waals surface area contributed by atoms with Gasteiger partial charge in [-0.2, -0.15) is 0 Å². The summed E-state index contributed by atoms with van der Waals surface area (Å²) in [6.45, 7) is 10.0. The lowest BCUT2D eigenvalue weighted by Crippen LogP contribution is -2.41. The van der Waals surface area contributed by atoms with E-state index in [-0.39, 0.29) is 11.2 Å². The summed E-state index contributed by atoms with van der Waals surface area (Å²) in [5.74, 6) is 0.747. The van der Waals surface area contributed by atoms with E-state index in [2.05, 4.69) is 24.3 Å². The molecule has 0 N–H and O–H groups in total. The van der Waals surface area contributed by atoms with Crippen LogP contribution in [0.2, 0.25) is 0 Å². The lowest BCUT2D eigenvalue weighted by atomic mass is 9.90. The zero-order valence-corrected chi connectivity index (χ0v) is 14.1. The molecule has 2 aliphatic rings. The van der Waals surface area contributed by atoms with Gasteiger partial charge in [0.05, 0.1) is 5.69 Å². The molecular weight excluding hydrogens is 278 g/mol. The minimum absolute atomic E-state index is 0.353. The first-order valence-corrected chi connectivity index (χ1v) is 8.22. The molecule has 2 aliphatic heterocycles. The van der Waals surface area contributed by atoms with Crippen molar-refractivity contribution in [2.45, 2.75) is 58.2 Å².